The minimum Gasteiger partial charge on any atom is -0.316 e. The lowest BCUT2D eigenvalue weighted by molar-refractivity contribution is 0.174. The molecule has 94 valence electrons. The van der Waals surface area contributed by atoms with E-state index in [4.69, 9.17) is 11.6 Å². The minimum atomic E-state index is 0.469. The van der Waals surface area contributed by atoms with E-state index in [1.165, 1.54) is 58.2 Å². The molecule has 1 heterocycles. The molecule has 0 bridgehead atoms. The summed E-state index contributed by atoms with van der Waals surface area (Å²) in [4.78, 5) is 2.53. The molecule has 2 nitrogen and oxygen atoms in total. The molecule has 2 aliphatic rings. The van der Waals surface area contributed by atoms with E-state index < -0.39 is 0 Å². The van der Waals surface area contributed by atoms with Crippen LogP contribution in [-0.2, 0) is 0 Å². The van der Waals surface area contributed by atoms with Crippen molar-refractivity contribution in [2.75, 3.05) is 26.7 Å². The molecular formula is C13H25ClN2. The van der Waals surface area contributed by atoms with Gasteiger partial charge in [-0.3, -0.25) is 0 Å². The molecule has 1 aliphatic carbocycles. The van der Waals surface area contributed by atoms with Gasteiger partial charge in [0.25, 0.3) is 0 Å². The van der Waals surface area contributed by atoms with Crippen LogP contribution in [0.4, 0.5) is 0 Å². The van der Waals surface area contributed by atoms with E-state index in [2.05, 4.69) is 17.3 Å². The van der Waals surface area contributed by atoms with Crippen LogP contribution < -0.4 is 5.32 Å². The van der Waals surface area contributed by atoms with Crippen LogP contribution >= 0.6 is 11.6 Å². The summed E-state index contributed by atoms with van der Waals surface area (Å²) in [5.41, 5.74) is 0. The van der Waals surface area contributed by atoms with Crippen LogP contribution in [0.15, 0.2) is 0 Å². The average Bonchev–Trinajstić information content (AvgIpc) is 2.23. The predicted molar refractivity (Wildman–Crippen MR) is 70.1 cm³/mol. The summed E-state index contributed by atoms with van der Waals surface area (Å²) in [6.07, 6.45) is 7.96. The molecule has 1 atom stereocenters. The van der Waals surface area contributed by atoms with Crippen molar-refractivity contribution < 1.29 is 0 Å². The molecule has 0 radical (unpaired) electrons. The molecule has 2 fully saturated rings. The number of piperidine rings is 1. The topological polar surface area (TPSA) is 15.3 Å². The normalized spacial score (nSPS) is 36.0. The van der Waals surface area contributed by atoms with E-state index >= 15 is 0 Å². The van der Waals surface area contributed by atoms with Gasteiger partial charge in [-0.2, -0.15) is 0 Å². The molecule has 1 saturated heterocycles. The SMILES string of the molecule is CN1CCCCC1CCNCC1CC(Cl)C1. The Morgan fingerprint density at radius 1 is 1.31 bits per heavy atom. The van der Waals surface area contributed by atoms with Gasteiger partial charge in [0.2, 0.25) is 0 Å². The van der Waals surface area contributed by atoms with Gasteiger partial charge in [-0.25, -0.2) is 0 Å². The van der Waals surface area contributed by atoms with Crippen LogP contribution in [0, 0.1) is 5.92 Å². The summed E-state index contributed by atoms with van der Waals surface area (Å²) in [6.45, 7) is 3.65. The summed E-state index contributed by atoms with van der Waals surface area (Å²) < 4.78 is 0. The lowest BCUT2D eigenvalue weighted by Gasteiger charge is -2.33. The predicted octanol–water partition coefficient (Wildman–Crippen LogP) is 2.47. The van der Waals surface area contributed by atoms with Crippen LogP contribution in [-0.4, -0.2) is 43.0 Å². The van der Waals surface area contributed by atoms with E-state index in [-0.39, 0.29) is 0 Å². The van der Waals surface area contributed by atoms with Gasteiger partial charge in [-0.05, 0) is 64.7 Å². The standard InChI is InChI=1S/C13H25ClN2/c1-16-7-3-2-4-13(16)5-6-15-10-11-8-12(14)9-11/h11-13,15H,2-10H2,1H3. The maximum absolute atomic E-state index is 5.96. The van der Waals surface area contributed by atoms with Gasteiger partial charge in [0.05, 0.1) is 0 Å². The van der Waals surface area contributed by atoms with Crippen molar-refractivity contribution in [1.82, 2.24) is 10.2 Å². The highest BCUT2D eigenvalue weighted by atomic mass is 35.5. The van der Waals surface area contributed by atoms with Crippen LogP contribution in [0.5, 0.6) is 0 Å². The summed E-state index contributed by atoms with van der Waals surface area (Å²) >= 11 is 5.96. The van der Waals surface area contributed by atoms with Gasteiger partial charge in [-0.15, -0.1) is 11.6 Å². The van der Waals surface area contributed by atoms with Crippen molar-refractivity contribution in [2.24, 2.45) is 5.92 Å². The molecule has 3 heteroatoms. The fourth-order valence-electron chi connectivity index (χ4n) is 2.90. The number of halogens is 1. The van der Waals surface area contributed by atoms with Crippen molar-refractivity contribution >= 4 is 11.6 Å². The smallest absolute Gasteiger partial charge is 0.0342 e. The second kappa shape index (κ2) is 6.23. The Morgan fingerprint density at radius 2 is 2.12 bits per heavy atom. The van der Waals surface area contributed by atoms with Crippen molar-refractivity contribution in [3.05, 3.63) is 0 Å². The van der Waals surface area contributed by atoms with E-state index in [0.29, 0.717) is 5.38 Å². The molecule has 0 aromatic carbocycles. The van der Waals surface area contributed by atoms with Gasteiger partial charge < -0.3 is 10.2 Å². The van der Waals surface area contributed by atoms with E-state index in [0.717, 1.165) is 12.0 Å². The zero-order valence-electron chi connectivity index (χ0n) is 10.4. The van der Waals surface area contributed by atoms with Gasteiger partial charge in [-0.1, -0.05) is 6.42 Å². The average molecular weight is 245 g/mol. The summed E-state index contributed by atoms with van der Waals surface area (Å²) in [6, 6.07) is 0.823. The number of hydrogen-bond acceptors (Lipinski definition) is 2. The molecular weight excluding hydrogens is 220 g/mol. The van der Waals surface area contributed by atoms with Crippen molar-refractivity contribution in [1.29, 1.82) is 0 Å². The Kier molecular flexibility index (Phi) is 4.93. The number of alkyl halides is 1. The Bertz CT molecular complexity index is 204. The number of nitrogens with zero attached hydrogens (tertiary/aromatic N) is 1. The van der Waals surface area contributed by atoms with Crippen LogP contribution in [0.1, 0.15) is 38.5 Å². The van der Waals surface area contributed by atoms with Gasteiger partial charge in [0.1, 0.15) is 0 Å². The van der Waals surface area contributed by atoms with E-state index in [1.54, 1.807) is 0 Å². The molecule has 1 saturated carbocycles. The zero-order valence-corrected chi connectivity index (χ0v) is 11.2. The second-order valence-electron chi connectivity index (χ2n) is 5.56. The monoisotopic (exact) mass is 244 g/mol. The number of likely N-dealkylation sites (tertiary alicyclic amines) is 1. The number of rotatable bonds is 5. The largest absolute Gasteiger partial charge is 0.316 e. The molecule has 16 heavy (non-hydrogen) atoms. The first kappa shape index (κ1) is 12.7. The summed E-state index contributed by atoms with van der Waals surface area (Å²) in [5.74, 6) is 0.853. The third-order valence-corrected chi connectivity index (χ3v) is 4.54. The van der Waals surface area contributed by atoms with Gasteiger partial charge in [0, 0.05) is 11.4 Å². The molecule has 0 amide bonds. The summed E-state index contributed by atoms with van der Waals surface area (Å²) in [7, 11) is 2.27. The maximum Gasteiger partial charge on any atom is 0.0342 e. The molecule has 2 rings (SSSR count). The van der Waals surface area contributed by atoms with E-state index in [1.807, 2.05) is 0 Å². The zero-order chi connectivity index (χ0) is 11.4. The molecule has 0 spiro atoms. The van der Waals surface area contributed by atoms with Crippen molar-refractivity contribution in [2.45, 2.75) is 49.9 Å². The van der Waals surface area contributed by atoms with Crippen LogP contribution in [0.25, 0.3) is 0 Å². The lowest BCUT2D eigenvalue weighted by atomic mass is 9.85. The van der Waals surface area contributed by atoms with Crippen molar-refractivity contribution in [3.63, 3.8) is 0 Å². The third-order valence-electron chi connectivity index (χ3n) is 4.19. The summed E-state index contributed by atoms with van der Waals surface area (Å²) in [5, 5.41) is 4.06. The van der Waals surface area contributed by atoms with Crippen LogP contribution in [0.2, 0.25) is 0 Å². The first-order chi connectivity index (χ1) is 7.75. The lowest BCUT2D eigenvalue weighted by Crippen LogP contribution is -2.39. The minimum absolute atomic E-state index is 0.469. The Balaban J connectivity index is 1.50. The number of hydrogen-bond donors (Lipinski definition) is 1. The Labute approximate surface area is 105 Å². The van der Waals surface area contributed by atoms with Gasteiger partial charge in [0.15, 0.2) is 0 Å². The molecule has 1 N–H and O–H groups in total. The first-order valence-electron chi connectivity index (χ1n) is 6.80. The van der Waals surface area contributed by atoms with Gasteiger partial charge >= 0.3 is 0 Å². The van der Waals surface area contributed by atoms with Crippen molar-refractivity contribution in [3.8, 4) is 0 Å². The molecule has 0 aromatic heterocycles. The third kappa shape index (κ3) is 3.61. The Hall–Kier alpha value is 0.210. The molecule has 1 unspecified atom stereocenters. The fourth-order valence-corrected chi connectivity index (χ4v) is 3.41. The fraction of sp³-hybridized carbons (Fsp3) is 1.00. The highest BCUT2D eigenvalue weighted by molar-refractivity contribution is 6.21. The number of nitrogens with one attached hydrogen (secondary N) is 1. The molecule has 1 aliphatic heterocycles. The molecule has 0 aromatic rings. The second-order valence-corrected chi connectivity index (χ2v) is 6.17. The van der Waals surface area contributed by atoms with E-state index in [9.17, 15) is 0 Å². The maximum atomic E-state index is 5.96. The quantitative estimate of drug-likeness (QED) is 0.591. The Morgan fingerprint density at radius 3 is 2.81 bits per heavy atom. The first-order valence-corrected chi connectivity index (χ1v) is 7.24. The van der Waals surface area contributed by atoms with Crippen LogP contribution in [0.3, 0.4) is 0 Å². The highest BCUT2D eigenvalue weighted by Gasteiger charge is 2.26. The highest BCUT2D eigenvalue weighted by Crippen LogP contribution is 2.31.